The Kier molecular flexibility index (Phi) is 4.65. The van der Waals surface area contributed by atoms with Gasteiger partial charge in [0.25, 0.3) is 5.91 Å². The Hall–Kier alpha value is -1.72. The molecule has 2 rings (SSSR count). The lowest BCUT2D eigenvalue weighted by Crippen LogP contribution is -3.07. The fraction of sp³-hybridized carbons (Fsp3) is 0.286. The molecule has 0 bridgehead atoms. The van der Waals surface area contributed by atoms with E-state index in [9.17, 15) is 4.79 Å². The second-order valence-corrected chi connectivity index (χ2v) is 5.60. The van der Waals surface area contributed by atoms with E-state index in [1.807, 2.05) is 49.8 Å². The van der Waals surface area contributed by atoms with E-state index >= 15 is 0 Å². The molecule has 1 aromatic carbocycles. The summed E-state index contributed by atoms with van der Waals surface area (Å²) in [6, 6.07) is 9.75. The first kappa shape index (κ1) is 13.7. The fourth-order valence-electron chi connectivity index (χ4n) is 1.80. The summed E-state index contributed by atoms with van der Waals surface area (Å²) in [5.41, 5.74) is 0.920. The molecular formula is C14H18N3OS+. The molecule has 0 aliphatic heterocycles. The number of nitrogens with one attached hydrogen (secondary N) is 1. The summed E-state index contributed by atoms with van der Waals surface area (Å²) in [7, 11) is 3.95. The number of hydrogen-bond donors (Lipinski definition) is 1. The molecule has 19 heavy (non-hydrogen) atoms. The molecule has 5 heteroatoms. The van der Waals surface area contributed by atoms with Crippen LogP contribution >= 0.6 is 11.3 Å². The van der Waals surface area contributed by atoms with Crippen molar-refractivity contribution in [2.45, 2.75) is 6.54 Å². The molecule has 1 amide bonds. The predicted molar refractivity (Wildman–Crippen MR) is 77.4 cm³/mol. The highest BCUT2D eigenvalue weighted by Gasteiger charge is 2.19. The van der Waals surface area contributed by atoms with Gasteiger partial charge < -0.3 is 9.80 Å². The van der Waals surface area contributed by atoms with Crippen molar-refractivity contribution in [3.05, 3.63) is 46.9 Å². The van der Waals surface area contributed by atoms with E-state index in [0.717, 1.165) is 15.6 Å². The summed E-state index contributed by atoms with van der Waals surface area (Å²) in [4.78, 5) is 19.5. The lowest BCUT2D eigenvalue weighted by atomic mass is 10.2. The summed E-state index contributed by atoms with van der Waals surface area (Å²) < 4.78 is 0. The van der Waals surface area contributed by atoms with Crippen molar-refractivity contribution < 1.29 is 9.69 Å². The molecule has 0 spiro atoms. The molecule has 0 fully saturated rings. The molecule has 0 aliphatic carbocycles. The molecule has 0 saturated carbocycles. The average Bonchev–Trinajstić information content (AvgIpc) is 2.89. The van der Waals surface area contributed by atoms with Gasteiger partial charge in [0.15, 0.2) is 6.54 Å². The van der Waals surface area contributed by atoms with Gasteiger partial charge in [0.2, 0.25) is 0 Å². The Labute approximate surface area is 117 Å². The first-order valence-electron chi connectivity index (χ1n) is 6.19. The SMILES string of the molecule is C[NH+](C)CC(=O)N(Cc1nccs1)c1ccccc1. The Morgan fingerprint density at radius 3 is 2.63 bits per heavy atom. The summed E-state index contributed by atoms with van der Waals surface area (Å²) in [5, 5.41) is 2.88. The molecule has 0 atom stereocenters. The van der Waals surface area contributed by atoms with Crippen LogP contribution in [0.25, 0.3) is 0 Å². The van der Waals surface area contributed by atoms with E-state index in [1.54, 1.807) is 22.4 Å². The number of anilines is 1. The number of likely N-dealkylation sites (N-methyl/N-ethyl adjacent to an activating group) is 1. The topological polar surface area (TPSA) is 37.6 Å². The van der Waals surface area contributed by atoms with Crippen molar-refractivity contribution in [1.29, 1.82) is 0 Å². The van der Waals surface area contributed by atoms with Crippen molar-refractivity contribution in [2.75, 3.05) is 25.5 Å². The summed E-state index contributed by atoms with van der Waals surface area (Å²) in [5.74, 6) is 0.112. The van der Waals surface area contributed by atoms with Gasteiger partial charge in [-0.3, -0.25) is 4.79 Å². The Bertz CT molecular complexity index is 511. The second kappa shape index (κ2) is 6.45. The molecule has 0 unspecified atom stereocenters. The minimum absolute atomic E-state index is 0.112. The Balaban J connectivity index is 2.20. The molecule has 2 aromatic rings. The van der Waals surface area contributed by atoms with Crippen LogP contribution in [0.1, 0.15) is 5.01 Å². The number of carbonyl (C=O) groups excluding carboxylic acids is 1. The number of hydrogen-bond acceptors (Lipinski definition) is 3. The minimum atomic E-state index is 0.112. The zero-order chi connectivity index (χ0) is 13.7. The van der Waals surface area contributed by atoms with Crippen molar-refractivity contribution in [3.63, 3.8) is 0 Å². The van der Waals surface area contributed by atoms with Gasteiger partial charge >= 0.3 is 0 Å². The lowest BCUT2D eigenvalue weighted by Gasteiger charge is -2.22. The van der Waals surface area contributed by atoms with Gasteiger partial charge in [0.05, 0.1) is 20.6 Å². The third kappa shape index (κ3) is 3.87. The molecule has 4 nitrogen and oxygen atoms in total. The highest BCUT2D eigenvalue weighted by atomic mass is 32.1. The summed E-state index contributed by atoms with van der Waals surface area (Å²) in [6.07, 6.45) is 1.77. The number of nitrogens with zero attached hydrogens (tertiary/aromatic N) is 2. The molecular weight excluding hydrogens is 258 g/mol. The van der Waals surface area contributed by atoms with E-state index in [1.165, 1.54) is 0 Å². The van der Waals surface area contributed by atoms with Crippen molar-refractivity contribution in [2.24, 2.45) is 0 Å². The van der Waals surface area contributed by atoms with Crippen LogP contribution in [0.3, 0.4) is 0 Å². The van der Waals surface area contributed by atoms with E-state index in [0.29, 0.717) is 13.1 Å². The highest BCUT2D eigenvalue weighted by Crippen LogP contribution is 2.17. The molecule has 1 aromatic heterocycles. The number of para-hydroxylation sites is 1. The zero-order valence-electron chi connectivity index (χ0n) is 11.2. The quantitative estimate of drug-likeness (QED) is 0.878. The van der Waals surface area contributed by atoms with E-state index < -0.39 is 0 Å². The van der Waals surface area contributed by atoms with E-state index in [2.05, 4.69) is 4.98 Å². The van der Waals surface area contributed by atoms with E-state index in [4.69, 9.17) is 0 Å². The molecule has 0 saturated heterocycles. The van der Waals surface area contributed by atoms with Gasteiger partial charge in [-0.05, 0) is 12.1 Å². The number of aromatic nitrogens is 1. The van der Waals surface area contributed by atoms with Gasteiger partial charge in [-0.15, -0.1) is 11.3 Å². The van der Waals surface area contributed by atoms with Crippen LogP contribution in [0, 0.1) is 0 Å². The van der Waals surface area contributed by atoms with Crippen LogP contribution < -0.4 is 9.80 Å². The fourth-order valence-corrected chi connectivity index (χ4v) is 2.40. The van der Waals surface area contributed by atoms with Gasteiger partial charge in [-0.1, -0.05) is 18.2 Å². The van der Waals surface area contributed by atoms with Crippen molar-refractivity contribution in [3.8, 4) is 0 Å². The number of quaternary nitrogens is 1. The second-order valence-electron chi connectivity index (χ2n) is 4.63. The lowest BCUT2D eigenvalue weighted by molar-refractivity contribution is -0.849. The van der Waals surface area contributed by atoms with Crippen LogP contribution in [-0.4, -0.2) is 31.5 Å². The van der Waals surface area contributed by atoms with Crippen LogP contribution in [0.5, 0.6) is 0 Å². The van der Waals surface area contributed by atoms with Gasteiger partial charge in [0.1, 0.15) is 5.01 Å². The summed E-state index contributed by atoms with van der Waals surface area (Å²) >= 11 is 1.57. The maximum absolute atomic E-state index is 12.4. The van der Waals surface area contributed by atoms with Crippen molar-refractivity contribution in [1.82, 2.24) is 4.98 Å². The highest BCUT2D eigenvalue weighted by molar-refractivity contribution is 7.09. The Morgan fingerprint density at radius 2 is 2.05 bits per heavy atom. The minimum Gasteiger partial charge on any atom is -0.332 e. The number of carbonyl (C=O) groups is 1. The molecule has 100 valence electrons. The van der Waals surface area contributed by atoms with Gasteiger partial charge in [0, 0.05) is 17.3 Å². The van der Waals surface area contributed by atoms with Gasteiger partial charge in [-0.25, -0.2) is 4.98 Å². The smallest absolute Gasteiger partial charge is 0.282 e. The molecule has 0 radical (unpaired) electrons. The van der Waals surface area contributed by atoms with Crippen LogP contribution in [0.4, 0.5) is 5.69 Å². The van der Waals surface area contributed by atoms with E-state index in [-0.39, 0.29) is 5.91 Å². The zero-order valence-corrected chi connectivity index (χ0v) is 12.0. The normalized spacial score (nSPS) is 10.7. The first-order chi connectivity index (χ1) is 9.16. The number of thiazole rings is 1. The van der Waals surface area contributed by atoms with Crippen LogP contribution in [0.2, 0.25) is 0 Å². The molecule has 1 N–H and O–H groups in total. The standard InChI is InChI=1S/C14H17N3OS/c1-16(2)11-14(18)17(10-13-15-8-9-19-13)12-6-4-3-5-7-12/h3-9H,10-11H2,1-2H3/p+1. The number of benzene rings is 1. The third-order valence-corrected chi connectivity index (χ3v) is 3.41. The van der Waals surface area contributed by atoms with Crippen LogP contribution in [-0.2, 0) is 11.3 Å². The third-order valence-electron chi connectivity index (χ3n) is 2.65. The van der Waals surface area contributed by atoms with Crippen molar-refractivity contribution >= 4 is 22.9 Å². The maximum Gasteiger partial charge on any atom is 0.282 e. The average molecular weight is 276 g/mol. The maximum atomic E-state index is 12.4. The first-order valence-corrected chi connectivity index (χ1v) is 7.07. The molecule has 1 heterocycles. The number of amides is 1. The van der Waals surface area contributed by atoms with Crippen LogP contribution in [0.15, 0.2) is 41.9 Å². The largest absolute Gasteiger partial charge is 0.332 e. The predicted octanol–water partition coefficient (Wildman–Crippen LogP) is 0.821. The Morgan fingerprint density at radius 1 is 1.32 bits per heavy atom. The summed E-state index contributed by atoms with van der Waals surface area (Å²) in [6.45, 7) is 1.01. The van der Waals surface area contributed by atoms with Gasteiger partial charge in [-0.2, -0.15) is 0 Å². The molecule has 0 aliphatic rings. The number of rotatable bonds is 5. The monoisotopic (exact) mass is 276 g/mol.